The van der Waals surface area contributed by atoms with Crippen molar-refractivity contribution in [1.82, 2.24) is 4.98 Å². The van der Waals surface area contributed by atoms with Crippen LogP contribution in [0.15, 0.2) is 65.7 Å². The molecule has 0 bridgehead atoms. The van der Waals surface area contributed by atoms with Gasteiger partial charge >= 0.3 is 5.69 Å². The lowest BCUT2D eigenvalue weighted by molar-refractivity contribution is -0.384. The van der Waals surface area contributed by atoms with Crippen LogP contribution < -0.4 is 10.0 Å². The normalized spacial score (nSPS) is 11.1. The Kier molecular flexibility index (Phi) is 5.68. The predicted molar refractivity (Wildman–Crippen MR) is 108 cm³/mol. The molecule has 0 saturated carbocycles. The van der Waals surface area contributed by atoms with Gasteiger partial charge in [-0.15, -0.1) is 0 Å². The van der Waals surface area contributed by atoms with Crippen molar-refractivity contribution in [2.24, 2.45) is 0 Å². The average molecular weight is 439 g/mol. The van der Waals surface area contributed by atoms with Gasteiger partial charge in [-0.25, -0.2) is 13.4 Å². The smallest absolute Gasteiger partial charge is 0.311 e. The summed E-state index contributed by atoms with van der Waals surface area (Å²) >= 11 is 11.9. The number of hydrogen-bond acceptors (Lipinski definition) is 6. The molecule has 0 unspecified atom stereocenters. The molecule has 0 fully saturated rings. The highest BCUT2D eigenvalue weighted by molar-refractivity contribution is 7.93. The number of hydrogen-bond donors (Lipinski definition) is 2. The summed E-state index contributed by atoms with van der Waals surface area (Å²) in [7, 11) is -4.00. The molecule has 1 heterocycles. The van der Waals surface area contributed by atoms with Crippen molar-refractivity contribution in [3.8, 4) is 0 Å². The zero-order valence-corrected chi connectivity index (χ0v) is 16.3. The van der Waals surface area contributed by atoms with E-state index in [1.165, 1.54) is 42.6 Å². The van der Waals surface area contributed by atoms with Crippen molar-refractivity contribution in [2.45, 2.75) is 4.90 Å². The van der Waals surface area contributed by atoms with E-state index < -0.39 is 14.9 Å². The minimum absolute atomic E-state index is 0.000693. The van der Waals surface area contributed by atoms with Crippen LogP contribution in [0.5, 0.6) is 0 Å². The molecule has 8 nitrogen and oxygen atoms in total. The van der Waals surface area contributed by atoms with Gasteiger partial charge in [0.15, 0.2) is 0 Å². The second-order valence-corrected chi connectivity index (χ2v) is 7.92. The predicted octanol–water partition coefficient (Wildman–Crippen LogP) is 4.84. The van der Waals surface area contributed by atoms with Crippen LogP contribution in [0.3, 0.4) is 0 Å². The maximum atomic E-state index is 12.6. The molecule has 0 atom stereocenters. The van der Waals surface area contributed by atoms with E-state index in [9.17, 15) is 18.5 Å². The second kappa shape index (κ2) is 8.01. The van der Waals surface area contributed by atoms with E-state index in [-0.39, 0.29) is 32.1 Å². The summed E-state index contributed by atoms with van der Waals surface area (Å²) in [4.78, 5) is 14.2. The molecular formula is C17H12Cl2N4O4S. The van der Waals surface area contributed by atoms with Gasteiger partial charge in [0.1, 0.15) is 4.90 Å². The van der Waals surface area contributed by atoms with Crippen LogP contribution >= 0.6 is 23.2 Å². The van der Waals surface area contributed by atoms with Crippen LogP contribution in [0.2, 0.25) is 10.0 Å². The van der Waals surface area contributed by atoms with Gasteiger partial charge in [0.25, 0.3) is 10.0 Å². The topological polar surface area (TPSA) is 114 Å². The zero-order valence-electron chi connectivity index (χ0n) is 14.0. The van der Waals surface area contributed by atoms with Crippen molar-refractivity contribution in [2.75, 3.05) is 10.0 Å². The number of rotatable bonds is 6. The molecule has 0 saturated heterocycles. The maximum absolute atomic E-state index is 12.6. The van der Waals surface area contributed by atoms with Gasteiger partial charge in [0, 0.05) is 23.6 Å². The van der Waals surface area contributed by atoms with Crippen LogP contribution in [0.25, 0.3) is 0 Å². The molecule has 144 valence electrons. The summed E-state index contributed by atoms with van der Waals surface area (Å²) < 4.78 is 27.5. The van der Waals surface area contributed by atoms with Gasteiger partial charge < -0.3 is 5.32 Å². The third-order valence-electron chi connectivity index (χ3n) is 3.57. The number of nitrogens with one attached hydrogen (secondary N) is 2. The summed E-state index contributed by atoms with van der Waals surface area (Å²) in [5, 5.41) is 13.9. The average Bonchev–Trinajstić information content (AvgIpc) is 2.63. The van der Waals surface area contributed by atoms with Crippen molar-refractivity contribution in [3.05, 3.63) is 81.0 Å². The Morgan fingerprint density at radius 3 is 2.14 bits per heavy atom. The van der Waals surface area contributed by atoms with Gasteiger partial charge in [0.05, 0.1) is 15.0 Å². The van der Waals surface area contributed by atoms with Gasteiger partial charge in [-0.05, 0) is 42.5 Å². The number of aromatic nitrogens is 1. The first-order valence-corrected chi connectivity index (χ1v) is 9.95. The Labute approximate surface area is 170 Å². The number of halogens is 2. The van der Waals surface area contributed by atoms with Gasteiger partial charge in [-0.1, -0.05) is 29.3 Å². The number of sulfonamides is 1. The quantitative estimate of drug-likeness (QED) is 0.420. The van der Waals surface area contributed by atoms with E-state index in [1.54, 1.807) is 18.2 Å². The standard InChI is InChI=1S/C17H12Cl2N4O4S/c18-13-3-1-4-14(19)16(13)28(26,27)22-12-8-6-11(7-9-12)21-17-15(23(24)25)5-2-10-20-17/h1-10,22H,(H,20,21). The van der Waals surface area contributed by atoms with Gasteiger partial charge in [0.2, 0.25) is 5.82 Å². The van der Waals surface area contributed by atoms with E-state index in [0.717, 1.165) is 0 Å². The highest BCUT2D eigenvalue weighted by Crippen LogP contribution is 2.31. The Morgan fingerprint density at radius 1 is 0.929 bits per heavy atom. The van der Waals surface area contributed by atoms with E-state index in [1.807, 2.05) is 0 Å². The lowest BCUT2D eigenvalue weighted by atomic mass is 10.3. The molecule has 2 aromatic carbocycles. The molecule has 0 aliphatic heterocycles. The number of pyridine rings is 1. The number of benzene rings is 2. The summed E-state index contributed by atoms with van der Waals surface area (Å²) in [5.41, 5.74) is 0.568. The number of nitro groups is 1. The largest absolute Gasteiger partial charge is 0.334 e. The molecule has 0 amide bonds. The van der Waals surface area contributed by atoms with E-state index in [0.29, 0.717) is 5.69 Å². The molecule has 2 N–H and O–H groups in total. The minimum atomic E-state index is -4.00. The SMILES string of the molecule is O=[N+]([O-])c1cccnc1Nc1ccc(NS(=O)(=O)c2c(Cl)cccc2Cl)cc1. The molecule has 0 spiro atoms. The first kappa shape index (κ1) is 19.9. The molecule has 11 heteroatoms. The third kappa shape index (κ3) is 4.33. The van der Waals surface area contributed by atoms with Crippen LogP contribution in [-0.2, 0) is 10.0 Å². The lowest BCUT2D eigenvalue weighted by Crippen LogP contribution is -2.14. The highest BCUT2D eigenvalue weighted by Gasteiger charge is 2.21. The molecule has 3 aromatic rings. The Balaban J connectivity index is 1.81. The summed E-state index contributed by atoms with van der Waals surface area (Å²) in [6, 6.07) is 13.2. The lowest BCUT2D eigenvalue weighted by Gasteiger charge is -2.12. The van der Waals surface area contributed by atoms with Crippen molar-refractivity contribution >= 4 is 56.1 Å². The van der Waals surface area contributed by atoms with E-state index >= 15 is 0 Å². The molecule has 0 aliphatic carbocycles. The summed E-state index contributed by atoms with van der Waals surface area (Å²) in [6.07, 6.45) is 1.42. The molecule has 28 heavy (non-hydrogen) atoms. The van der Waals surface area contributed by atoms with E-state index in [4.69, 9.17) is 23.2 Å². The summed E-state index contributed by atoms with van der Waals surface area (Å²) in [6.45, 7) is 0. The van der Waals surface area contributed by atoms with Crippen molar-refractivity contribution in [3.63, 3.8) is 0 Å². The molecular weight excluding hydrogens is 427 g/mol. The van der Waals surface area contributed by atoms with Gasteiger partial charge in [-0.2, -0.15) is 0 Å². The first-order valence-electron chi connectivity index (χ1n) is 7.71. The molecule has 1 aromatic heterocycles. The number of nitrogens with zero attached hydrogens (tertiary/aromatic N) is 2. The minimum Gasteiger partial charge on any atom is -0.334 e. The molecule has 0 radical (unpaired) electrons. The van der Waals surface area contributed by atoms with Crippen LogP contribution in [0.4, 0.5) is 22.9 Å². The van der Waals surface area contributed by atoms with Crippen LogP contribution in [0.1, 0.15) is 0 Å². The van der Waals surface area contributed by atoms with Crippen molar-refractivity contribution in [1.29, 1.82) is 0 Å². The second-order valence-electron chi connectivity index (χ2n) is 5.49. The van der Waals surface area contributed by atoms with E-state index in [2.05, 4.69) is 15.0 Å². The first-order chi connectivity index (χ1) is 13.3. The Morgan fingerprint density at radius 2 is 1.54 bits per heavy atom. The monoisotopic (exact) mass is 438 g/mol. The Bertz CT molecular complexity index is 1120. The maximum Gasteiger partial charge on any atom is 0.311 e. The molecule has 3 rings (SSSR count). The summed E-state index contributed by atoms with van der Waals surface area (Å²) in [5.74, 6) is 0.0729. The number of anilines is 3. The third-order valence-corrected chi connectivity index (χ3v) is 5.91. The zero-order chi connectivity index (χ0) is 20.3. The fourth-order valence-electron chi connectivity index (χ4n) is 2.34. The highest BCUT2D eigenvalue weighted by atomic mass is 35.5. The van der Waals surface area contributed by atoms with Crippen LogP contribution in [-0.4, -0.2) is 18.3 Å². The Hall–Kier alpha value is -2.88. The fraction of sp³-hybridized carbons (Fsp3) is 0. The molecule has 0 aliphatic rings. The van der Waals surface area contributed by atoms with Crippen molar-refractivity contribution < 1.29 is 13.3 Å². The van der Waals surface area contributed by atoms with Crippen LogP contribution in [0, 0.1) is 10.1 Å². The fourth-order valence-corrected chi connectivity index (χ4v) is 4.55. The van der Waals surface area contributed by atoms with Gasteiger partial charge in [-0.3, -0.25) is 14.8 Å².